The predicted octanol–water partition coefficient (Wildman–Crippen LogP) is 2.69. The summed E-state index contributed by atoms with van der Waals surface area (Å²) in [5.74, 6) is 0. The van der Waals surface area contributed by atoms with Crippen molar-refractivity contribution in [2.24, 2.45) is 0 Å². The summed E-state index contributed by atoms with van der Waals surface area (Å²) in [5, 5.41) is 0.753. The molecule has 96 valence electrons. The highest BCUT2D eigenvalue weighted by Gasteiger charge is 2.17. The number of rotatable bonds is 4. The number of sulfonamides is 1. The third-order valence-electron chi connectivity index (χ3n) is 2.21. The van der Waals surface area contributed by atoms with Gasteiger partial charge in [0.15, 0.2) is 0 Å². The fourth-order valence-corrected chi connectivity index (χ4v) is 4.19. The van der Waals surface area contributed by atoms with Crippen molar-refractivity contribution in [1.82, 2.24) is 9.71 Å². The third kappa shape index (κ3) is 3.17. The molecular weight excluding hydrogens is 336 g/mol. The second-order valence-electron chi connectivity index (χ2n) is 3.62. The summed E-state index contributed by atoms with van der Waals surface area (Å²) in [6.07, 6.45) is 1.73. The van der Waals surface area contributed by atoms with Crippen LogP contribution in [-0.2, 0) is 16.6 Å². The van der Waals surface area contributed by atoms with Crippen molar-refractivity contribution in [2.75, 3.05) is 0 Å². The summed E-state index contributed by atoms with van der Waals surface area (Å²) >= 11 is 4.71. The molecule has 0 radical (unpaired) electrons. The number of thiazole rings is 1. The maximum absolute atomic E-state index is 12.1. The van der Waals surface area contributed by atoms with Crippen LogP contribution in [0.5, 0.6) is 0 Å². The molecule has 2 rings (SSSR count). The van der Waals surface area contributed by atoms with Gasteiger partial charge in [-0.15, -0.1) is 11.3 Å². The van der Waals surface area contributed by atoms with E-state index in [0.29, 0.717) is 4.47 Å². The molecule has 0 aliphatic carbocycles. The van der Waals surface area contributed by atoms with Crippen molar-refractivity contribution in [2.45, 2.75) is 18.4 Å². The van der Waals surface area contributed by atoms with E-state index in [1.807, 2.05) is 6.92 Å². The number of nitrogens with zero attached hydrogens (tertiary/aromatic N) is 1. The smallest absolute Gasteiger partial charge is 0.242 e. The fraction of sp³-hybridized carbons (Fsp3) is 0.182. The van der Waals surface area contributed by atoms with E-state index in [1.165, 1.54) is 11.3 Å². The highest BCUT2D eigenvalue weighted by molar-refractivity contribution is 9.10. The zero-order chi connectivity index (χ0) is 13.2. The van der Waals surface area contributed by atoms with Crippen LogP contribution in [0.25, 0.3) is 0 Å². The highest BCUT2D eigenvalue weighted by atomic mass is 79.9. The predicted molar refractivity (Wildman–Crippen MR) is 75.0 cm³/mol. The molecule has 0 bridgehead atoms. The van der Waals surface area contributed by atoms with Crippen molar-refractivity contribution in [1.29, 1.82) is 0 Å². The maximum atomic E-state index is 12.1. The maximum Gasteiger partial charge on any atom is 0.242 e. The standard InChI is InChI=1S/C11H11BrN2O2S2/c1-8-6-13-11(17-8)7-14-18(15,16)10-5-3-2-4-9(10)12/h2-6,14H,7H2,1H3. The van der Waals surface area contributed by atoms with Gasteiger partial charge in [-0.2, -0.15) is 0 Å². The highest BCUT2D eigenvalue weighted by Crippen LogP contribution is 2.21. The Morgan fingerprint density at radius 3 is 2.72 bits per heavy atom. The van der Waals surface area contributed by atoms with Gasteiger partial charge in [0.2, 0.25) is 10.0 Å². The Morgan fingerprint density at radius 2 is 2.11 bits per heavy atom. The summed E-state index contributed by atoms with van der Waals surface area (Å²) < 4.78 is 27.2. The molecule has 0 saturated carbocycles. The summed E-state index contributed by atoms with van der Waals surface area (Å²) in [7, 11) is -3.51. The first-order chi connectivity index (χ1) is 8.49. The number of hydrogen-bond acceptors (Lipinski definition) is 4. The van der Waals surface area contributed by atoms with Crippen molar-refractivity contribution < 1.29 is 8.42 Å². The minimum atomic E-state index is -3.51. The molecule has 0 saturated heterocycles. The quantitative estimate of drug-likeness (QED) is 0.925. The molecule has 0 spiro atoms. The van der Waals surface area contributed by atoms with E-state index in [2.05, 4.69) is 25.6 Å². The average molecular weight is 347 g/mol. The largest absolute Gasteiger partial charge is 0.248 e. The van der Waals surface area contributed by atoms with E-state index in [-0.39, 0.29) is 11.4 Å². The molecule has 1 aromatic carbocycles. The molecule has 0 aliphatic rings. The van der Waals surface area contributed by atoms with Gasteiger partial charge in [0.1, 0.15) is 5.01 Å². The third-order valence-corrected chi connectivity index (χ3v) is 5.53. The molecule has 0 fully saturated rings. The molecule has 2 aromatic rings. The monoisotopic (exact) mass is 346 g/mol. The number of halogens is 1. The minimum Gasteiger partial charge on any atom is -0.248 e. The molecule has 0 amide bonds. The Hall–Kier alpha value is -0.760. The molecule has 0 aliphatic heterocycles. The van der Waals surface area contributed by atoms with E-state index in [9.17, 15) is 8.42 Å². The molecule has 4 nitrogen and oxygen atoms in total. The van der Waals surface area contributed by atoms with Gasteiger partial charge in [0.25, 0.3) is 0 Å². The SMILES string of the molecule is Cc1cnc(CNS(=O)(=O)c2ccccc2Br)s1. The molecule has 1 aromatic heterocycles. The van der Waals surface area contributed by atoms with Crippen LogP contribution in [0.4, 0.5) is 0 Å². The zero-order valence-corrected chi connectivity index (χ0v) is 12.8. The van der Waals surface area contributed by atoms with E-state index in [0.717, 1.165) is 9.88 Å². The molecule has 7 heteroatoms. The Kier molecular flexibility index (Phi) is 4.16. The van der Waals surface area contributed by atoms with Crippen molar-refractivity contribution in [3.8, 4) is 0 Å². The topological polar surface area (TPSA) is 59.1 Å². The second-order valence-corrected chi connectivity index (χ2v) is 7.53. The Labute approximate surface area is 118 Å². The second kappa shape index (κ2) is 5.48. The van der Waals surface area contributed by atoms with Crippen molar-refractivity contribution in [3.05, 3.63) is 44.8 Å². The molecule has 1 N–H and O–H groups in total. The zero-order valence-electron chi connectivity index (χ0n) is 9.55. The van der Waals surface area contributed by atoms with Gasteiger partial charge in [-0.05, 0) is 35.0 Å². The Bertz CT molecular complexity index is 653. The lowest BCUT2D eigenvalue weighted by molar-refractivity contribution is 0.580. The fourth-order valence-electron chi connectivity index (χ4n) is 1.38. The Morgan fingerprint density at radius 1 is 1.39 bits per heavy atom. The van der Waals surface area contributed by atoms with Crippen LogP contribution in [0.3, 0.4) is 0 Å². The summed E-state index contributed by atoms with van der Waals surface area (Å²) in [4.78, 5) is 5.41. The van der Waals surface area contributed by atoms with Gasteiger partial charge in [-0.25, -0.2) is 18.1 Å². The number of aromatic nitrogens is 1. The lowest BCUT2D eigenvalue weighted by Gasteiger charge is -2.06. The number of aryl methyl sites for hydroxylation is 1. The lowest BCUT2D eigenvalue weighted by Crippen LogP contribution is -2.23. The van der Waals surface area contributed by atoms with Gasteiger partial charge < -0.3 is 0 Å². The van der Waals surface area contributed by atoms with Crippen LogP contribution in [0.1, 0.15) is 9.88 Å². The van der Waals surface area contributed by atoms with Crippen LogP contribution in [-0.4, -0.2) is 13.4 Å². The van der Waals surface area contributed by atoms with Gasteiger partial charge in [-0.3, -0.25) is 0 Å². The van der Waals surface area contributed by atoms with Crippen LogP contribution >= 0.6 is 27.3 Å². The van der Waals surface area contributed by atoms with E-state index in [4.69, 9.17) is 0 Å². The first-order valence-electron chi connectivity index (χ1n) is 5.14. The van der Waals surface area contributed by atoms with Crippen molar-refractivity contribution in [3.63, 3.8) is 0 Å². The molecule has 0 unspecified atom stereocenters. The number of benzene rings is 1. The molecule has 18 heavy (non-hydrogen) atoms. The summed E-state index contributed by atoms with van der Waals surface area (Å²) in [6, 6.07) is 6.71. The number of hydrogen-bond donors (Lipinski definition) is 1. The van der Waals surface area contributed by atoms with Crippen LogP contribution in [0, 0.1) is 6.92 Å². The normalized spacial score (nSPS) is 11.7. The first-order valence-corrected chi connectivity index (χ1v) is 8.24. The van der Waals surface area contributed by atoms with Gasteiger partial charge >= 0.3 is 0 Å². The van der Waals surface area contributed by atoms with Gasteiger partial charge in [0, 0.05) is 15.5 Å². The minimum absolute atomic E-state index is 0.210. The number of nitrogens with one attached hydrogen (secondary N) is 1. The molecule has 0 atom stereocenters. The lowest BCUT2D eigenvalue weighted by atomic mass is 10.4. The van der Waals surface area contributed by atoms with Crippen LogP contribution in [0.2, 0.25) is 0 Å². The molecular formula is C11H11BrN2O2S2. The van der Waals surface area contributed by atoms with Crippen LogP contribution < -0.4 is 4.72 Å². The van der Waals surface area contributed by atoms with Gasteiger partial charge in [-0.1, -0.05) is 12.1 Å². The molecule has 1 heterocycles. The van der Waals surface area contributed by atoms with Crippen molar-refractivity contribution >= 4 is 37.3 Å². The van der Waals surface area contributed by atoms with Gasteiger partial charge in [0.05, 0.1) is 11.4 Å². The first kappa shape index (κ1) is 13.7. The summed E-state index contributed by atoms with van der Waals surface area (Å²) in [5.41, 5.74) is 0. The van der Waals surface area contributed by atoms with E-state index in [1.54, 1.807) is 30.5 Å². The average Bonchev–Trinajstić information content (AvgIpc) is 2.73. The van der Waals surface area contributed by atoms with Crippen LogP contribution in [0.15, 0.2) is 39.8 Å². The summed E-state index contributed by atoms with van der Waals surface area (Å²) in [6.45, 7) is 2.14. The Balaban J connectivity index is 2.16. The van der Waals surface area contributed by atoms with E-state index >= 15 is 0 Å². The van der Waals surface area contributed by atoms with E-state index < -0.39 is 10.0 Å².